The number of rotatable bonds is 0. The molecule has 0 amide bonds. The molecule has 4 unspecified atom stereocenters. The third kappa shape index (κ3) is 1.19. The molecule has 4 N–H and O–H groups in total. The zero-order valence-electron chi connectivity index (χ0n) is 7.60. The van der Waals surface area contributed by atoms with Crippen LogP contribution in [0.1, 0.15) is 0 Å². The van der Waals surface area contributed by atoms with E-state index >= 15 is 0 Å². The molecule has 0 aromatic heterocycles. The van der Waals surface area contributed by atoms with Crippen LogP contribution in [0, 0.1) is 20.8 Å². The van der Waals surface area contributed by atoms with Gasteiger partial charge in [0.05, 0.1) is 12.1 Å². The number of nitrogens with one attached hydrogen (secondary N) is 4. The Hall–Kier alpha value is -1.18. The Morgan fingerprint density at radius 3 is 1.12 bits per heavy atom. The van der Waals surface area contributed by atoms with Crippen LogP contribution in [0.25, 0.3) is 0 Å². The summed E-state index contributed by atoms with van der Waals surface area (Å²) in [6, 6.07) is 2.29. The van der Waals surface area contributed by atoms with Gasteiger partial charge < -0.3 is 20.8 Å². The standard InChI is InChI=1S/C6H6N4O6/c11-7-3-1-4-6(10(14)16-8(4)12)2-5(3)9(13)15-7/h1-2,7-10H. The Balaban J connectivity index is 2.17. The van der Waals surface area contributed by atoms with Gasteiger partial charge >= 0.3 is 0 Å². The molecule has 2 aliphatic rings. The Morgan fingerprint density at radius 2 is 0.875 bits per heavy atom. The highest BCUT2D eigenvalue weighted by atomic mass is 17.1. The second kappa shape index (κ2) is 3.16. The number of hydrogen-bond acceptors (Lipinski definition) is 6. The highest BCUT2D eigenvalue weighted by Crippen LogP contribution is 2.27. The van der Waals surface area contributed by atoms with E-state index in [-0.39, 0.29) is 22.7 Å². The van der Waals surface area contributed by atoms with Crippen molar-refractivity contribution in [2.45, 2.75) is 0 Å². The first-order valence-corrected chi connectivity index (χ1v) is 4.29. The van der Waals surface area contributed by atoms with Gasteiger partial charge in [-0.05, 0) is 0 Å². The first-order chi connectivity index (χ1) is 7.58. The second-order valence-electron chi connectivity index (χ2n) is 3.30. The van der Waals surface area contributed by atoms with Crippen LogP contribution in [-0.2, 0) is 9.88 Å². The van der Waals surface area contributed by atoms with Crippen LogP contribution in [-0.4, -0.2) is 0 Å². The zero-order valence-corrected chi connectivity index (χ0v) is 7.60. The van der Waals surface area contributed by atoms with Gasteiger partial charge in [-0.3, -0.25) is 0 Å². The number of benzene rings is 1. The molecule has 2 heterocycles. The molecular formula is C6H6N4O6. The van der Waals surface area contributed by atoms with Crippen molar-refractivity contribution in [3.8, 4) is 0 Å². The first kappa shape index (κ1) is 10.0. The van der Waals surface area contributed by atoms with Crippen LogP contribution >= 0.6 is 0 Å². The van der Waals surface area contributed by atoms with Crippen molar-refractivity contribution in [2.24, 2.45) is 0 Å². The van der Waals surface area contributed by atoms with Crippen molar-refractivity contribution in [1.29, 1.82) is 0 Å². The molecule has 1 aromatic rings. The fourth-order valence-corrected chi connectivity index (χ4v) is 1.66. The molecule has 0 aliphatic carbocycles. The minimum absolute atomic E-state index is 0.0181. The summed E-state index contributed by atoms with van der Waals surface area (Å²) in [5, 5.41) is 41.4. The number of quaternary nitrogens is 4. The first-order valence-electron chi connectivity index (χ1n) is 4.29. The number of fused-ring (bicyclic) bond motifs is 2. The van der Waals surface area contributed by atoms with Crippen LogP contribution < -0.4 is 20.9 Å². The third-order valence-corrected chi connectivity index (χ3v) is 2.41. The summed E-state index contributed by atoms with van der Waals surface area (Å²) in [7, 11) is 0. The highest BCUT2D eigenvalue weighted by Gasteiger charge is 2.39. The maximum atomic E-state index is 11.2. The maximum absolute atomic E-state index is 11.2. The monoisotopic (exact) mass is 230 g/mol. The van der Waals surface area contributed by atoms with Gasteiger partial charge in [-0.25, -0.2) is 0 Å². The molecule has 16 heavy (non-hydrogen) atoms. The van der Waals surface area contributed by atoms with Gasteiger partial charge in [0.25, 0.3) is 0 Å². The van der Waals surface area contributed by atoms with E-state index in [0.29, 0.717) is 0 Å². The molecule has 0 saturated heterocycles. The Kier molecular flexibility index (Phi) is 1.97. The molecule has 0 radical (unpaired) electrons. The minimum atomic E-state index is -0.824. The summed E-state index contributed by atoms with van der Waals surface area (Å²) in [4.78, 5) is 8.68. The summed E-state index contributed by atoms with van der Waals surface area (Å²) in [5.41, 5.74) is -0.0726. The minimum Gasteiger partial charge on any atom is -0.590 e. The SMILES string of the molecule is [O-][NH+]1O[NH+]([O-])c2cc3c(cc21)[NH+]([O-])O[NH+]3[O-]. The molecule has 0 bridgehead atoms. The molecule has 1 aromatic carbocycles. The highest BCUT2D eigenvalue weighted by molar-refractivity contribution is 5.67. The predicted octanol–water partition coefficient (Wildman–Crippen LogP) is -4.54. The lowest BCUT2D eigenvalue weighted by molar-refractivity contribution is -1.25. The lowest BCUT2D eigenvalue weighted by Crippen LogP contribution is -3.16. The van der Waals surface area contributed by atoms with Crippen molar-refractivity contribution in [3.63, 3.8) is 0 Å². The lowest BCUT2D eigenvalue weighted by Gasteiger charge is -2.12. The largest absolute Gasteiger partial charge is 0.590 e. The van der Waals surface area contributed by atoms with E-state index in [4.69, 9.17) is 0 Å². The average Bonchev–Trinajstić information content (AvgIpc) is 2.67. The topological polar surface area (TPSA) is 128 Å². The summed E-state index contributed by atoms with van der Waals surface area (Å²) < 4.78 is 0. The molecule has 10 nitrogen and oxygen atoms in total. The molecule has 3 rings (SSSR count). The van der Waals surface area contributed by atoms with E-state index in [2.05, 4.69) is 9.88 Å². The van der Waals surface area contributed by atoms with E-state index in [1.54, 1.807) is 0 Å². The number of hydrogen-bond donors (Lipinski definition) is 4. The predicted molar refractivity (Wildman–Crippen MR) is 44.6 cm³/mol. The Morgan fingerprint density at radius 1 is 0.625 bits per heavy atom. The van der Waals surface area contributed by atoms with Crippen LogP contribution in [0.3, 0.4) is 0 Å². The molecule has 0 spiro atoms. The summed E-state index contributed by atoms with van der Waals surface area (Å²) in [6.45, 7) is 0. The van der Waals surface area contributed by atoms with Crippen molar-refractivity contribution < 1.29 is 30.8 Å². The van der Waals surface area contributed by atoms with Crippen LogP contribution in [0.2, 0.25) is 0 Å². The molecule has 10 heteroatoms. The van der Waals surface area contributed by atoms with Crippen molar-refractivity contribution >= 4 is 22.7 Å². The Bertz CT molecular complexity index is 379. The summed E-state index contributed by atoms with van der Waals surface area (Å²) in [6.07, 6.45) is 0. The van der Waals surface area contributed by atoms with Crippen molar-refractivity contribution in [3.05, 3.63) is 33.0 Å². The van der Waals surface area contributed by atoms with Gasteiger partial charge in [0, 0.05) is 9.88 Å². The van der Waals surface area contributed by atoms with E-state index in [1.165, 1.54) is 0 Å². The van der Waals surface area contributed by atoms with Crippen LogP contribution in [0.4, 0.5) is 22.7 Å². The lowest BCUT2D eigenvalue weighted by atomic mass is 10.2. The second-order valence-corrected chi connectivity index (χ2v) is 3.30. The van der Waals surface area contributed by atoms with Gasteiger partial charge in [0.15, 0.2) is 0 Å². The normalized spacial score (nSPS) is 36.2. The molecule has 86 valence electrons. The Labute approximate surface area is 87.5 Å². The molecular weight excluding hydrogens is 224 g/mol. The third-order valence-electron chi connectivity index (χ3n) is 2.41. The fourth-order valence-electron chi connectivity index (χ4n) is 1.66. The maximum Gasteiger partial charge on any atom is 0.240 e. The van der Waals surface area contributed by atoms with Gasteiger partial charge in [0.1, 0.15) is 0 Å². The zero-order chi connectivity index (χ0) is 11.4. The molecule has 4 atom stereocenters. The molecule has 0 fully saturated rings. The van der Waals surface area contributed by atoms with Crippen LogP contribution in [0.15, 0.2) is 12.1 Å². The summed E-state index contributed by atoms with van der Waals surface area (Å²) in [5.74, 6) is 0. The van der Waals surface area contributed by atoms with Gasteiger partial charge in [-0.1, -0.05) is 0 Å². The van der Waals surface area contributed by atoms with Gasteiger partial charge in [0.2, 0.25) is 22.7 Å². The molecule has 2 aliphatic heterocycles. The van der Waals surface area contributed by atoms with Gasteiger partial charge in [-0.15, -0.1) is 20.9 Å². The smallest absolute Gasteiger partial charge is 0.240 e. The van der Waals surface area contributed by atoms with E-state index in [9.17, 15) is 20.8 Å². The van der Waals surface area contributed by atoms with E-state index in [1.807, 2.05) is 0 Å². The van der Waals surface area contributed by atoms with E-state index in [0.717, 1.165) is 12.1 Å². The van der Waals surface area contributed by atoms with Crippen LogP contribution in [0.5, 0.6) is 0 Å². The quantitative estimate of drug-likeness (QED) is 0.332. The van der Waals surface area contributed by atoms with E-state index < -0.39 is 20.9 Å². The van der Waals surface area contributed by atoms with Crippen molar-refractivity contribution in [2.75, 3.05) is 0 Å². The van der Waals surface area contributed by atoms with Crippen molar-refractivity contribution in [1.82, 2.24) is 0 Å². The molecule has 0 saturated carbocycles. The average molecular weight is 230 g/mol. The van der Waals surface area contributed by atoms with Gasteiger partial charge in [-0.2, -0.15) is 0 Å². The summed E-state index contributed by atoms with van der Waals surface area (Å²) >= 11 is 0. The fraction of sp³-hybridized carbons (Fsp3) is 0.